The first-order chi connectivity index (χ1) is 15.6. The monoisotopic (exact) mass is 429 g/mol. The molecule has 1 aliphatic rings. The van der Waals surface area contributed by atoms with E-state index in [4.69, 9.17) is 0 Å². The molecule has 2 aromatic carbocycles. The quantitative estimate of drug-likeness (QED) is 0.510. The fourth-order valence-electron chi connectivity index (χ4n) is 4.37. The van der Waals surface area contributed by atoms with Crippen molar-refractivity contribution in [1.82, 2.24) is 25.0 Å². The average Bonchev–Trinajstić information content (AvgIpc) is 3.17. The summed E-state index contributed by atoms with van der Waals surface area (Å²) in [6.45, 7) is 5.98. The molecule has 0 aliphatic carbocycles. The van der Waals surface area contributed by atoms with Crippen molar-refractivity contribution in [2.75, 3.05) is 26.2 Å². The number of aromatic amines is 1. The van der Waals surface area contributed by atoms with Gasteiger partial charge in [-0.2, -0.15) is 0 Å². The van der Waals surface area contributed by atoms with E-state index in [1.807, 2.05) is 42.5 Å². The first-order valence-electron chi connectivity index (χ1n) is 11.2. The summed E-state index contributed by atoms with van der Waals surface area (Å²) < 4.78 is 1.51. The Morgan fingerprint density at radius 2 is 1.91 bits per heavy atom. The number of para-hydroxylation sites is 1. The molecule has 0 atom stereocenters. The lowest BCUT2D eigenvalue weighted by Gasteiger charge is -2.30. The lowest BCUT2D eigenvalue weighted by atomic mass is 9.99. The van der Waals surface area contributed by atoms with Crippen molar-refractivity contribution in [2.24, 2.45) is 5.92 Å². The molecule has 1 aliphatic heterocycles. The topological polar surface area (TPSA) is 83.0 Å². The maximum absolute atomic E-state index is 12.9. The maximum atomic E-state index is 12.9. The molecular formula is C25H27N5O2. The molecule has 5 rings (SSSR count). The number of rotatable bonds is 5. The molecule has 164 valence electrons. The largest absolute Gasteiger partial charge is 0.351 e. The number of pyridine rings is 1. The van der Waals surface area contributed by atoms with Gasteiger partial charge in [-0.3, -0.25) is 19.7 Å². The van der Waals surface area contributed by atoms with Gasteiger partial charge in [0.1, 0.15) is 0 Å². The molecule has 32 heavy (non-hydrogen) atoms. The van der Waals surface area contributed by atoms with E-state index < -0.39 is 0 Å². The van der Waals surface area contributed by atoms with E-state index in [1.54, 1.807) is 12.3 Å². The second-order valence-corrected chi connectivity index (χ2v) is 8.65. The number of nitrogens with zero attached hydrogens (tertiary/aromatic N) is 3. The highest BCUT2D eigenvalue weighted by molar-refractivity contribution is 6.06. The number of carbonyl (C=O) groups excluding carboxylic acids is 1. The smallest absolute Gasteiger partial charge is 0.280 e. The molecule has 0 unspecified atom stereocenters. The van der Waals surface area contributed by atoms with E-state index in [1.165, 1.54) is 17.5 Å². The van der Waals surface area contributed by atoms with Gasteiger partial charge >= 0.3 is 0 Å². The van der Waals surface area contributed by atoms with Crippen LogP contribution in [0.2, 0.25) is 0 Å². The summed E-state index contributed by atoms with van der Waals surface area (Å²) in [6, 6.07) is 14.8. The minimum atomic E-state index is -0.161. The minimum absolute atomic E-state index is 0.112. The number of hydrogen-bond acceptors (Lipinski definition) is 4. The summed E-state index contributed by atoms with van der Waals surface area (Å²) in [5.74, 6) is 0.686. The van der Waals surface area contributed by atoms with Crippen LogP contribution in [0.4, 0.5) is 0 Å². The minimum Gasteiger partial charge on any atom is -0.351 e. The van der Waals surface area contributed by atoms with E-state index in [-0.39, 0.29) is 11.5 Å². The van der Waals surface area contributed by atoms with Crippen molar-refractivity contribution < 1.29 is 4.79 Å². The second-order valence-electron chi connectivity index (χ2n) is 8.65. The van der Waals surface area contributed by atoms with Crippen LogP contribution < -0.4 is 10.9 Å². The van der Waals surface area contributed by atoms with Crippen LogP contribution in [0.15, 0.2) is 59.5 Å². The summed E-state index contributed by atoms with van der Waals surface area (Å²) in [5, 5.41) is 7.49. The van der Waals surface area contributed by atoms with Gasteiger partial charge in [0, 0.05) is 30.2 Å². The van der Waals surface area contributed by atoms with E-state index in [0.717, 1.165) is 42.1 Å². The van der Waals surface area contributed by atoms with Gasteiger partial charge in [0.2, 0.25) is 0 Å². The number of aromatic nitrogens is 3. The van der Waals surface area contributed by atoms with Crippen LogP contribution in [0.25, 0.3) is 27.5 Å². The fraction of sp³-hybridized carbons (Fsp3) is 0.320. The molecule has 0 spiro atoms. The van der Waals surface area contributed by atoms with Crippen LogP contribution in [-0.2, 0) is 0 Å². The number of fused-ring (bicyclic) bond motifs is 3. The summed E-state index contributed by atoms with van der Waals surface area (Å²) in [6.07, 6.45) is 4.04. The molecule has 2 N–H and O–H groups in total. The lowest BCUT2D eigenvalue weighted by molar-refractivity contribution is 0.0944. The van der Waals surface area contributed by atoms with E-state index in [2.05, 4.69) is 27.2 Å². The number of benzene rings is 2. The molecule has 7 nitrogen and oxygen atoms in total. The molecule has 0 bridgehead atoms. The molecule has 0 radical (unpaired) electrons. The first-order valence-corrected chi connectivity index (χ1v) is 11.2. The highest BCUT2D eigenvalue weighted by atomic mass is 16.1. The molecule has 3 heterocycles. The summed E-state index contributed by atoms with van der Waals surface area (Å²) >= 11 is 0. The van der Waals surface area contributed by atoms with Crippen molar-refractivity contribution in [3.05, 3.63) is 70.6 Å². The van der Waals surface area contributed by atoms with Crippen LogP contribution >= 0.6 is 0 Å². The zero-order valence-electron chi connectivity index (χ0n) is 18.2. The van der Waals surface area contributed by atoms with Gasteiger partial charge in [0.25, 0.3) is 11.5 Å². The van der Waals surface area contributed by atoms with E-state index in [0.29, 0.717) is 23.0 Å². The Bertz CT molecular complexity index is 1320. The predicted octanol–water partition coefficient (Wildman–Crippen LogP) is 3.33. The first kappa shape index (κ1) is 20.5. The van der Waals surface area contributed by atoms with E-state index >= 15 is 0 Å². The second kappa shape index (κ2) is 8.59. The van der Waals surface area contributed by atoms with E-state index in [9.17, 15) is 9.59 Å². The Balaban J connectivity index is 1.39. The molecule has 1 saturated heterocycles. The molecule has 1 fully saturated rings. The highest BCUT2D eigenvalue weighted by Crippen LogP contribution is 2.22. The molecule has 1 amide bonds. The molecular weight excluding hydrogens is 402 g/mol. The lowest BCUT2D eigenvalue weighted by Crippen LogP contribution is -2.39. The number of hydrogen-bond donors (Lipinski definition) is 2. The SMILES string of the molecule is CC1CCN(CCNC(=O)c2ccc3ncc4c(=O)n(-c5ccccc5)[nH]c4c3c2)CC1. The Morgan fingerprint density at radius 3 is 2.69 bits per heavy atom. The van der Waals surface area contributed by atoms with Crippen LogP contribution in [-0.4, -0.2) is 51.8 Å². The average molecular weight is 430 g/mol. The van der Waals surface area contributed by atoms with Crippen molar-refractivity contribution in [2.45, 2.75) is 19.8 Å². The van der Waals surface area contributed by atoms with Gasteiger partial charge in [-0.15, -0.1) is 0 Å². The van der Waals surface area contributed by atoms with Crippen molar-refractivity contribution >= 4 is 27.7 Å². The van der Waals surface area contributed by atoms with Crippen LogP contribution in [0.3, 0.4) is 0 Å². The molecule has 7 heteroatoms. The highest BCUT2D eigenvalue weighted by Gasteiger charge is 2.16. The van der Waals surface area contributed by atoms with Crippen molar-refractivity contribution in [3.8, 4) is 5.69 Å². The Labute approximate surface area is 186 Å². The van der Waals surface area contributed by atoms with Crippen LogP contribution in [0.1, 0.15) is 30.1 Å². The number of nitrogens with one attached hydrogen (secondary N) is 2. The summed E-state index contributed by atoms with van der Waals surface area (Å²) in [4.78, 5) is 32.5. The number of piperidine rings is 1. The van der Waals surface area contributed by atoms with Gasteiger partial charge in [0.15, 0.2) is 0 Å². The Hall–Kier alpha value is -3.45. The Kier molecular flexibility index (Phi) is 5.49. The number of carbonyl (C=O) groups is 1. The third kappa shape index (κ3) is 3.91. The third-order valence-electron chi connectivity index (χ3n) is 6.39. The normalized spacial score (nSPS) is 15.4. The predicted molar refractivity (Wildman–Crippen MR) is 126 cm³/mol. The number of H-pyrrole nitrogens is 1. The maximum Gasteiger partial charge on any atom is 0.280 e. The Morgan fingerprint density at radius 1 is 1.12 bits per heavy atom. The number of likely N-dealkylation sites (tertiary alicyclic amines) is 1. The van der Waals surface area contributed by atoms with Gasteiger partial charge in [-0.05, 0) is 62.2 Å². The molecule has 0 saturated carbocycles. The van der Waals surface area contributed by atoms with Crippen LogP contribution in [0.5, 0.6) is 0 Å². The van der Waals surface area contributed by atoms with Gasteiger partial charge in [-0.25, -0.2) is 4.68 Å². The fourth-order valence-corrected chi connectivity index (χ4v) is 4.37. The molecule has 4 aromatic rings. The summed E-state index contributed by atoms with van der Waals surface area (Å²) in [5.41, 5.74) is 2.57. The van der Waals surface area contributed by atoms with Crippen molar-refractivity contribution in [1.29, 1.82) is 0 Å². The zero-order chi connectivity index (χ0) is 22.1. The zero-order valence-corrected chi connectivity index (χ0v) is 18.2. The third-order valence-corrected chi connectivity index (χ3v) is 6.39. The standard InChI is InChI=1S/C25H27N5O2/c1-17-9-12-29(13-10-17)14-11-26-24(31)18-7-8-22-20(15-18)23-21(16-27-22)25(32)30(28-23)19-5-3-2-4-6-19/h2-8,15-17,28H,9-14H2,1H3,(H,26,31). The van der Waals surface area contributed by atoms with Gasteiger partial charge in [-0.1, -0.05) is 25.1 Å². The summed E-state index contributed by atoms with van der Waals surface area (Å²) in [7, 11) is 0. The van der Waals surface area contributed by atoms with Gasteiger partial charge < -0.3 is 10.2 Å². The van der Waals surface area contributed by atoms with Crippen LogP contribution in [0, 0.1) is 5.92 Å². The number of amides is 1. The van der Waals surface area contributed by atoms with Gasteiger partial charge in [0.05, 0.1) is 22.1 Å². The molecule has 2 aromatic heterocycles. The van der Waals surface area contributed by atoms with Crippen molar-refractivity contribution in [3.63, 3.8) is 0 Å².